The first-order valence-corrected chi connectivity index (χ1v) is 7.63. The predicted molar refractivity (Wildman–Crippen MR) is 69.8 cm³/mol. The predicted octanol–water partition coefficient (Wildman–Crippen LogP) is 0.418. The number of rotatable bonds is 6. The number of ether oxygens (including phenoxy) is 1. The van der Waals surface area contributed by atoms with Crippen molar-refractivity contribution in [3.05, 3.63) is 24.0 Å². The normalized spacial score (nSPS) is 13.6. The van der Waals surface area contributed by atoms with E-state index in [1.807, 2.05) is 13.8 Å². The summed E-state index contributed by atoms with van der Waals surface area (Å²) in [6.45, 7) is 3.81. The fraction of sp³-hybridized carbons (Fsp3) is 0.545. The quantitative estimate of drug-likeness (QED) is 0.576. The molecule has 1 heterocycles. The monoisotopic (exact) mass is 273 g/mol. The highest BCUT2D eigenvalue weighted by Gasteiger charge is 2.17. The number of aromatic nitrogens is 1. The highest BCUT2D eigenvalue weighted by Crippen LogP contribution is 2.19. The molecule has 0 radical (unpaired) electrons. The Morgan fingerprint density at radius 1 is 1.44 bits per heavy atom. The van der Waals surface area contributed by atoms with E-state index in [1.54, 1.807) is 18.5 Å². The van der Waals surface area contributed by atoms with Crippen molar-refractivity contribution in [2.75, 3.05) is 12.0 Å². The van der Waals surface area contributed by atoms with Gasteiger partial charge in [-0.25, -0.2) is 8.42 Å². The zero-order valence-corrected chi connectivity index (χ0v) is 11.6. The molecule has 1 rings (SSSR count). The third-order valence-electron chi connectivity index (χ3n) is 2.18. The van der Waals surface area contributed by atoms with Gasteiger partial charge in [0, 0.05) is 12.5 Å². The summed E-state index contributed by atoms with van der Waals surface area (Å²) in [5.74, 6) is 5.89. The Bertz CT molecular complexity index is 488. The lowest BCUT2D eigenvalue weighted by Crippen LogP contribution is -2.33. The molecule has 1 atom stereocenters. The molecular weight excluding hydrogens is 254 g/mol. The Morgan fingerprint density at radius 2 is 2.11 bits per heavy atom. The number of hydrazine groups is 1. The van der Waals surface area contributed by atoms with E-state index >= 15 is 0 Å². The third-order valence-corrected chi connectivity index (χ3v) is 3.12. The summed E-state index contributed by atoms with van der Waals surface area (Å²) in [6, 6.07) is 1.24. The number of nitrogens with two attached hydrogens (primary N) is 1. The Kier molecular flexibility index (Phi) is 5.06. The van der Waals surface area contributed by atoms with Gasteiger partial charge in [0.15, 0.2) is 0 Å². The average molecular weight is 273 g/mol. The molecule has 6 nitrogen and oxygen atoms in total. The first kappa shape index (κ1) is 14.9. The first-order valence-electron chi connectivity index (χ1n) is 5.57. The van der Waals surface area contributed by atoms with E-state index in [2.05, 4.69) is 10.4 Å². The van der Waals surface area contributed by atoms with E-state index in [0.717, 1.165) is 0 Å². The van der Waals surface area contributed by atoms with E-state index < -0.39 is 15.9 Å². The zero-order valence-electron chi connectivity index (χ0n) is 10.8. The number of nitrogens with one attached hydrogen (secondary N) is 1. The van der Waals surface area contributed by atoms with E-state index in [-0.39, 0.29) is 11.9 Å². The molecule has 0 aromatic carbocycles. The van der Waals surface area contributed by atoms with Crippen LogP contribution in [0.5, 0.6) is 5.75 Å². The summed E-state index contributed by atoms with van der Waals surface area (Å²) in [7, 11) is -3.13. The maximum atomic E-state index is 11.3. The second kappa shape index (κ2) is 6.12. The minimum Gasteiger partial charge on any atom is -0.489 e. The lowest BCUT2D eigenvalue weighted by Gasteiger charge is -2.16. The summed E-state index contributed by atoms with van der Waals surface area (Å²) in [4.78, 5) is 4.02. The summed E-state index contributed by atoms with van der Waals surface area (Å²) >= 11 is 0. The second-order valence-electron chi connectivity index (χ2n) is 4.43. The van der Waals surface area contributed by atoms with E-state index in [4.69, 9.17) is 10.6 Å². The number of nitrogens with zero attached hydrogens (tertiary/aromatic N) is 1. The Morgan fingerprint density at radius 3 is 2.61 bits per heavy atom. The van der Waals surface area contributed by atoms with E-state index in [1.165, 1.54) is 6.26 Å². The van der Waals surface area contributed by atoms with Crippen LogP contribution in [-0.4, -0.2) is 31.5 Å². The summed E-state index contributed by atoms with van der Waals surface area (Å²) in [6.07, 6.45) is 4.35. The van der Waals surface area contributed by atoms with Gasteiger partial charge in [0.25, 0.3) is 0 Å². The van der Waals surface area contributed by atoms with Gasteiger partial charge in [0.1, 0.15) is 15.6 Å². The summed E-state index contributed by atoms with van der Waals surface area (Å²) < 4.78 is 28.1. The largest absolute Gasteiger partial charge is 0.489 e. The SMILES string of the molecule is CC(C)Oc1cncc(C(CS(C)(=O)=O)NN)c1. The van der Waals surface area contributed by atoms with Crippen molar-refractivity contribution in [1.82, 2.24) is 10.4 Å². The van der Waals surface area contributed by atoms with Crippen LogP contribution in [0.1, 0.15) is 25.5 Å². The topological polar surface area (TPSA) is 94.3 Å². The van der Waals surface area contributed by atoms with Gasteiger partial charge >= 0.3 is 0 Å². The molecule has 1 unspecified atom stereocenters. The Labute approximate surface area is 107 Å². The molecule has 102 valence electrons. The smallest absolute Gasteiger partial charge is 0.149 e. The Balaban J connectivity index is 2.92. The van der Waals surface area contributed by atoms with Crippen LogP contribution in [0.25, 0.3) is 0 Å². The van der Waals surface area contributed by atoms with Crippen molar-refractivity contribution in [2.45, 2.75) is 26.0 Å². The fourth-order valence-electron chi connectivity index (χ4n) is 1.51. The fourth-order valence-corrected chi connectivity index (χ4v) is 2.40. The Hall–Kier alpha value is -1.18. The third kappa shape index (κ3) is 4.99. The molecule has 0 saturated carbocycles. The van der Waals surface area contributed by atoms with Crippen LogP contribution in [0, 0.1) is 0 Å². The van der Waals surface area contributed by atoms with Crippen molar-refractivity contribution in [3.8, 4) is 5.75 Å². The highest BCUT2D eigenvalue weighted by atomic mass is 32.2. The van der Waals surface area contributed by atoms with Crippen molar-refractivity contribution in [1.29, 1.82) is 0 Å². The van der Waals surface area contributed by atoms with Crippen molar-refractivity contribution in [3.63, 3.8) is 0 Å². The molecule has 7 heteroatoms. The number of sulfone groups is 1. The van der Waals surface area contributed by atoms with Crippen LogP contribution < -0.4 is 16.0 Å². The van der Waals surface area contributed by atoms with Crippen molar-refractivity contribution >= 4 is 9.84 Å². The molecule has 0 aliphatic carbocycles. The van der Waals surface area contributed by atoms with Gasteiger partial charge in [-0.05, 0) is 25.5 Å². The molecule has 0 fully saturated rings. The molecule has 18 heavy (non-hydrogen) atoms. The lowest BCUT2D eigenvalue weighted by molar-refractivity contribution is 0.241. The molecule has 3 N–H and O–H groups in total. The van der Waals surface area contributed by atoms with E-state index in [9.17, 15) is 8.42 Å². The van der Waals surface area contributed by atoms with Crippen LogP contribution in [0.4, 0.5) is 0 Å². The maximum absolute atomic E-state index is 11.3. The van der Waals surface area contributed by atoms with Crippen LogP contribution in [0.3, 0.4) is 0 Å². The number of hydrogen-bond acceptors (Lipinski definition) is 6. The molecular formula is C11H19N3O3S. The maximum Gasteiger partial charge on any atom is 0.149 e. The molecule has 0 aliphatic rings. The zero-order chi connectivity index (χ0) is 13.8. The lowest BCUT2D eigenvalue weighted by atomic mass is 10.1. The highest BCUT2D eigenvalue weighted by molar-refractivity contribution is 7.90. The number of hydrogen-bond donors (Lipinski definition) is 2. The van der Waals surface area contributed by atoms with Gasteiger partial charge in [-0.15, -0.1) is 0 Å². The molecule has 0 aliphatic heterocycles. The van der Waals surface area contributed by atoms with Crippen LogP contribution >= 0.6 is 0 Å². The molecule has 0 bridgehead atoms. The molecule has 1 aromatic heterocycles. The van der Waals surface area contributed by atoms with Gasteiger partial charge in [0.05, 0.1) is 24.1 Å². The number of pyridine rings is 1. The van der Waals surface area contributed by atoms with Gasteiger partial charge < -0.3 is 4.74 Å². The first-order chi connectivity index (χ1) is 8.31. The van der Waals surface area contributed by atoms with Crippen molar-refractivity contribution in [2.24, 2.45) is 5.84 Å². The van der Waals surface area contributed by atoms with Gasteiger partial charge in [0.2, 0.25) is 0 Å². The van der Waals surface area contributed by atoms with Gasteiger partial charge in [-0.3, -0.25) is 16.3 Å². The van der Waals surface area contributed by atoms with Crippen LogP contribution in [0.2, 0.25) is 0 Å². The van der Waals surface area contributed by atoms with E-state index in [0.29, 0.717) is 11.3 Å². The molecule has 0 spiro atoms. The van der Waals surface area contributed by atoms with Crippen molar-refractivity contribution < 1.29 is 13.2 Å². The van der Waals surface area contributed by atoms with Gasteiger partial charge in [-0.2, -0.15) is 0 Å². The van der Waals surface area contributed by atoms with Crippen LogP contribution in [0.15, 0.2) is 18.5 Å². The average Bonchev–Trinajstić information content (AvgIpc) is 2.24. The molecule has 1 aromatic rings. The summed E-state index contributed by atoms with van der Waals surface area (Å²) in [5, 5.41) is 0. The molecule has 0 saturated heterocycles. The minimum atomic E-state index is -3.13. The summed E-state index contributed by atoms with van der Waals surface area (Å²) in [5.41, 5.74) is 3.16. The standard InChI is InChI=1S/C11H19N3O3S/c1-8(2)17-10-4-9(5-13-6-10)11(14-12)7-18(3,15)16/h4-6,8,11,14H,7,12H2,1-3H3. The van der Waals surface area contributed by atoms with Crippen LogP contribution in [-0.2, 0) is 9.84 Å². The molecule has 0 amide bonds. The minimum absolute atomic E-state index is 0.0289. The second-order valence-corrected chi connectivity index (χ2v) is 6.62. The van der Waals surface area contributed by atoms with Gasteiger partial charge in [-0.1, -0.05) is 0 Å².